The molecule has 0 heterocycles. The topological polar surface area (TPSA) is 0 Å². The fourth-order valence-corrected chi connectivity index (χ4v) is 3.27. The third-order valence-corrected chi connectivity index (χ3v) is 4.89. The fourth-order valence-electron chi connectivity index (χ4n) is 1.57. The Morgan fingerprint density at radius 3 is 2.10 bits per heavy atom. The van der Waals surface area contributed by atoms with Crippen molar-refractivity contribution in [3.63, 3.8) is 0 Å². The Morgan fingerprint density at radius 1 is 0.950 bits per heavy atom. The number of alkyl halides is 4. The molecule has 0 saturated heterocycles. The van der Waals surface area contributed by atoms with Crippen molar-refractivity contribution in [3.8, 4) is 0 Å². The molecule has 0 bridgehead atoms. The van der Waals surface area contributed by atoms with E-state index >= 15 is 0 Å². The summed E-state index contributed by atoms with van der Waals surface area (Å²) in [4.78, 5) is 1.47. The van der Waals surface area contributed by atoms with Gasteiger partial charge in [-0.3, -0.25) is 0 Å². The van der Waals surface area contributed by atoms with Crippen LogP contribution in [0.1, 0.15) is 11.1 Å². The second-order valence-electron chi connectivity index (χ2n) is 4.02. The normalized spacial score (nSPS) is 11.7. The molecule has 0 aliphatic carbocycles. The van der Waals surface area contributed by atoms with E-state index in [2.05, 4.69) is 31.9 Å². The van der Waals surface area contributed by atoms with Crippen LogP contribution in [-0.4, -0.2) is 0 Å². The van der Waals surface area contributed by atoms with Crippen LogP contribution in [0.4, 0.5) is 13.2 Å². The number of benzene rings is 2. The number of hydrogen-bond acceptors (Lipinski definition) is 1. The quantitative estimate of drug-likeness (QED) is 0.504. The zero-order chi connectivity index (χ0) is 14.8. The van der Waals surface area contributed by atoms with Crippen LogP contribution in [0.3, 0.4) is 0 Å². The average molecular weight is 426 g/mol. The Labute approximate surface area is 136 Å². The van der Waals surface area contributed by atoms with Gasteiger partial charge in [0.1, 0.15) is 0 Å². The first-order chi connectivity index (χ1) is 9.40. The van der Waals surface area contributed by atoms with Crippen LogP contribution >= 0.6 is 43.6 Å². The van der Waals surface area contributed by atoms with Gasteiger partial charge in [-0.1, -0.05) is 55.8 Å². The van der Waals surface area contributed by atoms with Gasteiger partial charge in [0, 0.05) is 19.6 Å². The van der Waals surface area contributed by atoms with E-state index in [1.165, 1.54) is 17.8 Å². The van der Waals surface area contributed by atoms with E-state index < -0.39 is 11.7 Å². The summed E-state index contributed by atoms with van der Waals surface area (Å²) in [5.41, 5.74) is 0.473. The summed E-state index contributed by atoms with van der Waals surface area (Å²) < 4.78 is 38.5. The van der Waals surface area contributed by atoms with Gasteiger partial charge in [-0.15, -0.1) is 0 Å². The minimum Gasteiger partial charge on any atom is -0.166 e. The fraction of sp³-hybridized carbons (Fsp3) is 0.143. The van der Waals surface area contributed by atoms with Gasteiger partial charge in [0.25, 0.3) is 0 Å². The number of hydrogen-bond donors (Lipinski definition) is 0. The number of halogens is 5. The Morgan fingerprint density at radius 2 is 1.55 bits per heavy atom. The van der Waals surface area contributed by atoms with Crippen molar-refractivity contribution in [2.75, 3.05) is 0 Å². The molecule has 2 aromatic carbocycles. The highest BCUT2D eigenvalue weighted by Crippen LogP contribution is 2.38. The van der Waals surface area contributed by atoms with E-state index in [0.29, 0.717) is 4.90 Å². The molecule has 0 fully saturated rings. The molecular weight excluding hydrogens is 417 g/mol. The van der Waals surface area contributed by atoms with Crippen LogP contribution < -0.4 is 0 Å². The van der Waals surface area contributed by atoms with Crippen molar-refractivity contribution in [1.82, 2.24) is 0 Å². The Hall–Kier alpha value is -0.460. The first-order valence-corrected chi connectivity index (χ1v) is 8.33. The van der Waals surface area contributed by atoms with E-state index in [0.717, 1.165) is 21.9 Å². The van der Waals surface area contributed by atoms with Gasteiger partial charge in [0.05, 0.1) is 5.56 Å². The smallest absolute Gasteiger partial charge is 0.166 e. The molecule has 20 heavy (non-hydrogen) atoms. The second-order valence-corrected chi connectivity index (χ2v) is 6.58. The number of rotatable bonds is 3. The molecule has 0 nitrogen and oxygen atoms in total. The lowest BCUT2D eigenvalue weighted by Gasteiger charge is -2.11. The monoisotopic (exact) mass is 424 g/mol. The molecule has 0 aromatic heterocycles. The maximum absolute atomic E-state index is 12.8. The summed E-state index contributed by atoms with van der Waals surface area (Å²) in [5, 5.41) is 0.758. The zero-order valence-corrected chi connectivity index (χ0v) is 14.0. The van der Waals surface area contributed by atoms with Gasteiger partial charge in [0.15, 0.2) is 0 Å². The van der Waals surface area contributed by atoms with E-state index in [-0.39, 0.29) is 4.47 Å². The van der Waals surface area contributed by atoms with Crippen LogP contribution in [0.5, 0.6) is 0 Å². The Balaban J connectivity index is 2.25. The van der Waals surface area contributed by atoms with E-state index in [1.807, 2.05) is 24.3 Å². The highest BCUT2D eigenvalue weighted by atomic mass is 79.9. The van der Waals surface area contributed by atoms with Gasteiger partial charge in [-0.25, -0.2) is 0 Å². The van der Waals surface area contributed by atoms with E-state index in [4.69, 9.17) is 0 Å². The molecule has 2 aromatic rings. The highest BCUT2D eigenvalue weighted by molar-refractivity contribution is 9.10. The molecule has 6 heteroatoms. The van der Waals surface area contributed by atoms with E-state index in [1.54, 1.807) is 6.07 Å². The van der Waals surface area contributed by atoms with Gasteiger partial charge in [-0.05, 0) is 35.9 Å². The summed E-state index contributed by atoms with van der Waals surface area (Å²) in [7, 11) is 0. The van der Waals surface area contributed by atoms with Crippen LogP contribution in [0, 0.1) is 0 Å². The lowest BCUT2D eigenvalue weighted by molar-refractivity contribution is -0.138. The average Bonchev–Trinajstić information content (AvgIpc) is 2.40. The largest absolute Gasteiger partial charge is 0.417 e. The van der Waals surface area contributed by atoms with Gasteiger partial charge in [0.2, 0.25) is 0 Å². The summed E-state index contributed by atoms with van der Waals surface area (Å²) in [6, 6.07) is 11.9. The molecule has 0 atom stereocenters. The third kappa shape index (κ3) is 4.02. The third-order valence-electron chi connectivity index (χ3n) is 2.56. The molecule has 0 amide bonds. The van der Waals surface area contributed by atoms with Crippen LogP contribution in [-0.2, 0) is 11.5 Å². The van der Waals surface area contributed by atoms with Crippen LogP contribution in [0.25, 0.3) is 0 Å². The van der Waals surface area contributed by atoms with Crippen molar-refractivity contribution in [2.45, 2.75) is 21.3 Å². The Kier molecular flexibility index (Phi) is 5.20. The van der Waals surface area contributed by atoms with Gasteiger partial charge in [-0.2, -0.15) is 13.2 Å². The van der Waals surface area contributed by atoms with Crippen molar-refractivity contribution < 1.29 is 13.2 Å². The molecule has 0 N–H and O–H groups in total. The zero-order valence-electron chi connectivity index (χ0n) is 10.0. The van der Waals surface area contributed by atoms with Crippen molar-refractivity contribution in [2.24, 2.45) is 0 Å². The molecule has 0 aliphatic heterocycles. The highest BCUT2D eigenvalue weighted by Gasteiger charge is 2.33. The molecule has 0 radical (unpaired) electrons. The minimum atomic E-state index is -4.35. The molecule has 0 saturated carbocycles. The molecule has 2 rings (SSSR count). The minimum absolute atomic E-state index is 0.0592. The molecule has 0 unspecified atom stereocenters. The summed E-state index contributed by atoms with van der Waals surface area (Å²) >= 11 is 7.60. The van der Waals surface area contributed by atoms with E-state index in [9.17, 15) is 13.2 Å². The molecule has 0 aliphatic rings. The van der Waals surface area contributed by atoms with Crippen LogP contribution in [0.15, 0.2) is 56.7 Å². The van der Waals surface area contributed by atoms with Crippen LogP contribution in [0.2, 0.25) is 0 Å². The van der Waals surface area contributed by atoms with Crippen molar-refractivity contribution >= 4 is 43.6 Å². The lowest BCUT2D eigenvalue weighted by Crippen LogP contribution is -2.05. The van der Waals surface area contributed by atoms with Crippen molar-refractivity contribution in [3.05, 3.63) is 58.1 Å². The lowest BCUT2D eigenvalue weighted by atomic mass is 10.2. The standard InChI is InChI=1S/C14H9Br2F3S/c15-8-9-1-3-10(4-2-9)20-11-5-6-13(16)12(7-11)14(17,18)19/h1-7H,8H2. The first kappa shape index (κ1) is 15.9. The summed E-state index contributed by atoms with van der Waals surface area (Å²) in [6.07, 6.45) is -4.35. The van der Waals surface area contributed by atoms with Gasteiger partial charge < -0.3 is 0 Å². The van der Waals surface area contributed by atoms with Gasteiger partial charge >= 0.3 is 6.18 Å². The first-order valence-electron chi connectivity index (χ1n) is 5.59. The predicted octanol–water partition coefficient (Wildman–Crippen LogP) is 6.51. The van der Waals surface area contributed by atoms with Crippen molar-refractivity contribution in [1.29, 1.82) is 0 Å². The Bertz CT molecular complexity index is 594. The molecular formula is C14H9Br2F3S. The maximum atomic E-state index is 12.8. The maximum Gasteiger partial charge on any atom is 0.417 e. The summed E-state index contributed by atoms with van der Waals surface area (Å²) in [6.45, 7) is 0. The SMILES string of the molecule is FC(F)(F)c1cc(Sc2ccc(CBr)cc2)ccc1Br. The summed E-state index contributed by atoms with van der Waals surface area (Å²) in [5.74, 6) is 0. The second kappa shape index (κ2) is 6.54. The molecule has 0 spiro atoms. The predicted molar refractivity (Wildman–Crippen MR) is 82.3 cm³/mol. The molecule has 106 valence electrons.